The zero-order valence-corrected chi connectivity index (χ0v) is 17.1. The van der Waals surface area contributed by atoms with Crippen LogP contribution in [0.25, 0.3) is 10.8 Å². The fourth-order valence-corrected chi connectivity index (χ4v) is 3.66. The van der Waals surface area contributed by atoms with Crippen molar-refractivity contribution in [2.45, 2.75) is 38.6 Å². The minimum atomic E-state index is -0.281. The summed E-state index contributed by atoms with van der Waals surface area (Å²) in [7, 11) is 1.90. The third-order valence-corrected chi connectivity index (χ3v) is 5.26. The molecule has 0 bridgehead atoms. The summed E-state index contributed by atoms with van der Waals surface area (Å²) in [5, 5.41) is 8.53. The molecule has 0 saturated carbocycles. The normalized spacial score (nSPS) is 11.9. The molecule has 0 saturated heterocycles. The molecule has 29 heavy (non-hydrogen) atoms. The number of carbonyl (C=O) groups is 2. The van der Waals surface area contributed by atoms with Crippen LogP contribution in [0.2, 0.25) is 0 Å². The summed E-state index contributed by atoms with van der Waals surface area (Å²) in [5.74, 6) is -0.309. The van der Waals surface area contributed by atoms with Gasteiger partial charge in [0.25, 0.3) is 0 Å². The lowest BCUT2D eigenvalue weighted by Crippen LogP contribution is -2.20. The van der Waals surface area contributed by atoms with E-state index >= 15 is 0 Å². The van der Waals surface area contributed by atoms with Gasteiger partial charge in [-0.15, -0.1) is 0 Å². The number of carbonyl (C=O) groups excluding carboxylic acids is 2. The highest BCUT2D eigenvalue weighted by Gasteiger charge is 2.19. The summed E-state index contributed by atoms with van der Waals surface area (Å²) in [6.07, 6.45) is 3.00. The van der Waals surface area contributed by atoms with Crippen molar-refractivity contribution in [1.82, 2.24) is 5.32 Å². The summed E-state index contributed by atoms with van der Waals surface area (Å²) in [5.41, 5.74) is 4.03. The molecular formula is C25H28N2O2. The van der Waals surface area contributed by atoms with Crippen LogP contribution in [0.15, 0.2) is 60.7 Å². The van der Waals surface area contributed by atoms with Gasteiger partial charge in [0.05, 0.1) is 5.92 Å². The zero-order valence-electron chi connectivity index (χ0n) is 17.1. The van der Waals surface area contributed by atoms with Gasteiger partial charge in [0.2, 0.25) is 5.91 Å². The van der Waals surface area contributed by atoms with E-state index in [0.717, 1.165) is 58.8 Å². The molecule has 1 atom stereocenters. The fraction of sp³-hybridized carbons (Fsp3) is 0.280. The molecule has 3 aromatic carbocycles. The summed E-state index contributed by atoms with van der Waals surface area (Å²) in [6.45, 7) is 2.68. The highest BCUT2D eigenvalue weighted by Crippen LogP contribution is 2.28. The van der Waals surface area contributed by atoms with Crippen molar-refractivity contribution >= 4 is 28.7 Å². The minimum Gasteiger partial charge on any atom is -0.325 e. The number of aryl methyl sites for hydroxylation is 1. The van der Waals surface area contributed by atoms with Gasteiger partial charge in [0, 0.05) is 18.7 Å². The number of aldehydes is 1. The Labute approximate surface area is 172 Å². The lowest BCUT2D eigenvalue weighted by atomic mass is 9.94. The Morgan fingerprint density at radius 2 is 1.86 bits per heavy atom. The van der Waals surface area contributed by atoms with Crippen molar-refractivity contribution in [3.8, 4) is 0 Å². The van der Waals surface area contributed by atoms with Crippen LogP contribution in [-0.2, 0) is 22.6 Å². The second-order valence-corrected chi connectivity index (χ2v) is 7.36. The predicted octanol–water partition coefficient (Wildman–Crippen LogP) is 4.82. The standard InChI is InChI=1S/C25H28N2O2/c1-18(22-12-7-10-20-8-3-4-11-23(20)22)25(29)27-24-16-19(17-26-2)13-14-21(24)9-5-6-15-28/h3-4,7-8,10-16,18,26H,5-6,9,17H2,1-2H3,(H,27,29). The van der Waals surface area contributed by atoms with Gasteiger partial charge in [-0.25, -0.2) is 0 Å². The summed E-state index contributed by atoms with van der Waals surface area (Å²) in [4.78, 5) is 23.8. The second kappa shape index (κ2) is 9.99. The average Bonchev–Trinajstić information content (AvgIpc) is 2.74. The summed E-state index contributed by atoms with van der Waals surface area (Å²) >= 11 is 0. The van der Waals surface area contributed by atoms with Crippen LogP contribution in [0, 0.1) is 0 Å². The van der Waals surface area contributed by atoms with Gasteiger partial charge in [0.1, 0.15) is 6.29 Å². The van der Waals surface area contributed by atoms with Crippen molar-refractivity contribution in [3.05, 3.63) is 77.4 Å². The molecular weight excluding hydrogens is 360 g/mol. The highest BCUT2D eigenvalue weighted by molar-refractivity contribution is 5.99. The molecule has 0 aliphatic carbocycles. The van der Waals surface area contributed by atoms with E-state index in [0.29, 0.717) is 6.42 Å². The third-order valence-electron chi connectivity index (χ3n) is 5.26. The number of unbranched alkanes of at least 4 members (excludes halogenated alkanes) is 1. The maximum atomic E-state index is 13.1. The molecule has 4 nitrogen and oxygen atoms in total. The number of nitrogens with one attached hydrogen (secondary N) is 2. The first-order chi connectivity index (χ1) is 14.1. The van der Waals surface area contributed by atoms with E-state index in [1.165, 1.54) is 0 Å². The van der Waals surface area contributed by atoms with Gasteiger partial charge < -0.3 is 15.4 Å². The topological polar surface area (TPSA) is 58.2 Å². The maximum Gasteiger partial charge on any atom is 0.231 e. The highest BCUT2D eigenvalue weighted by atomic mass is 16.1. The van der Waals surface area contributed by atoms with E-state index in [-0.39, 0.29) is 11.8 Å². The molecule has 0 aliphatic rings. The number of anilines is 1. The van der Waals surface area contributed by atoms with E-state index in [4.69, 9.17) is 0 Å². The molecule has 4 heteroatoms. The number of amides is 1. The summed E-state index contributed by atoms with van der Waals surface area (Å²) < 4.78 is 0. The molecule has 0 aromatic heterocycles. The largest absolute Gasteiger partial charge is 0.325 e. The van der Waals surface area contributed by atoms with Crippen LogP contribution in [0.3, 0.4) is 0 Å². The first-order valence-electron chi connectivity index (χ1n) is 10.1. The van der Waals surface area contributed by atoms with Crippen molar-refractivity contribution in [3.63, 3.8) is 0 Å². The molecule has 0 fully saturated rings. The average molecular weight is 389 g/mol. The first-order valence-corrected chi connectivity index (χ1v) is 10.1. The molecule has 1 amide bonds. The van der Waals surface area contributed by atoms with Crippen molar-refractivity contribution in [2.75, 3.05) is 12.4 Å². The van der Waals surface area contributed by atoms with Crippen LogP contribution < -0.4 is 10.6 Å². The Bertz CT molecular complexity index is 992. The Balaban J connectivity index is 1.86. The van der Waals surface area contributed by atoms with Crippen LogP contribution in [0.4, 0.5) is 5.69 Å². The number of hydrogen-bond acceptors (Lipinski definition) is 3. The molecule has 0 aliphatic heterocycles. The number of hydrogen-bond donors (Lipinski definition) is 2. The quantitative estimate of drug-likeness (QED) is 0.408. The SMILES string of the molecule is CNCc1ccc(CCCC=O)c(NC(=O)C(C)c2cccc3ccccc23)c1. The van der Waals surface area contributed by atoms with Crippen LogP contribution >= 0.6 is 0 Å². The Kier molecular flexibility index (Phi) is 7.14. The Hall–Kier alpha value is -2.98. The van der Waals surface area contributed by atoms with Gasteiger partial charge in [-0.1, -0.05) is 54.6 Å². The smallest absolute Gasteiger partial charge is 0.231 e. The van der Waals surface area contributed by atoms with Crippen LogP contribution in [0.5, 0.6) is 0 Å². The molecule has 3 rings (SSSR count). The molecule has 0 heterocycles. The van der Waals surface area contributed by atoms with Crippen LogP contribution in [-0.4, -0.2) is 19.2 Å². The first kappa shape index (κ1) is 20.7. The fourth-order valence-electron chi connectivity index (χ4n) is 3.66. The Morgan fingerprint density at radius 3 is 2.66 bits per heavy atom. The van der Waals surface area contributed by atoms with Gasteiger partial charge in [0.15, 0.2) is 0 Å². The second-order valence-electron chi connectivity index (χ2n) is 7.36. The molecule has 3 aromatic rings. The van der Waals surface area contributed by atoms with E-state index < -0.39 is 0 Å². The van der Waals surface area contributed by atoms with Crippen LogP contribution in [0.1, 0.15) is 42.4 Å². The monoisotopic (exact) mass is 388 g/mol. The lowest BCUT2D eigenvalue weighted by Gasteiger charge is -2.18. The van der Waals surface area contributed by atoms with Crippen molar-refractivity contribution < 1.29 is 9.59 Å². The van der Waals surface area contributed by atoms with Crippen molar-refractivity contribution in [2.24, 2.45) is 0 Å². The predicted molar refractivity (Wildman–Crippen MR) is 119 cm³/mol. The zero-order chi connectivity index (χ0) is 20.6. The molecule has 150 valence electrons. The third kappa shape index (κ3) is 5.09. The van der Waals surface area contributed by atoms with E-state index in [2.05, 4.69) is 41.0 Å². The minimum absolute atomic E-state index is 0.0281. The molecule has 1 unspecified atom stereocenters. The molecule has 2 N–H and O–H groups in total. The van der Waals surface area contributed by atoms with E-state index in [1.807, 2.05) is 44.3 Å². The Morgan fingerprint density at radius 1 is 1.07 bits per heavy atom. The van der Waals surface area contributed by atoms with Gasteiger partial charge in [-0.2, -0.15) is 0 Å². The van der Waals surface area contributed by atoms with Gasteiger partial charge in [-0.3, -0.25) is 4.79 Å². The van der Waals surface area contributed by atoms with Gasteiger partial charge in [-0.05, 0) is 60.3 Å². The van der Waals surface area contributed by atoms with Gasteiger partial charge >= 0.3 is 0 Å². The maximum absolute atomic E-state index is 13.1. The van der Waals surface area contributed by atoms with Crippen molar-refractivity contribution in [1.29, 1.82) is 0 Å². The lowest BCUT2D eigenvalue weighted by molar-refractivity contribution is -0.117. The number of fused-ring (bicyclic) bond motifs is 1. The van der Waals surface area contributed by atoms with E-state index in [1.54, 1.807) is 0 Å². The number of benzene rings is 3. The molecule has 0 spiro atoms. The molecule has 0 radical (unpaired) electrons. The van der Waals surface area contributed by atoms with E-state index in [9.17, 15) is 9.59 Å². The summed E-state index contributed by atoms with van der Waals surface area (Å²) in [6, 6.07) is 20.4. The number of rotatable bonds is 9.